The average molecular weight is 282 g/mol. The first kappa shape index (κ1) is 14.4. The molecule has 1 aliphatic heterocycles. The van der Waals surface area contributed by atoms with Crippen molar-refractivity contribution < 1.29 is 19.4 Å². The van der Waals surface area contributed by atoms with Crippen LogP contribution in [0.25, 0.3) is 0 Å². The highest BCUT2D eigenvalue weighted by Gasteiger charge is 2.26. The standard InChI is InChI=1S/C12H18N4O4/c1-2-8(10-4-3-5-20-10)13-11(17)7-16-6-9(12(18)19)14-15-16/h6,8,10H,2-5,7H2,1H3,(H,13,17)(H,18,19). The lowest BCUT2D eigenvalue weighted by Crippen LogP contribution is -2.44. The van der Waals surface area contributed by atoms with E-state index < -0.39 is 5.97 Å². The maximum absolute atomic E-state index is 11.9. The second-order valence-corrected chi connectivity index (χ2v) is 4.74. The van der Waals surface area contributed by atoms with Crippen molar-refractivity contribution in [3.63, 3.8) is 0 Å². The summed E-state index contributed by atoms with van der Waals surface area (Å²) in [4.78, 5) is 22.6. The van der Waals surface area contributed by atoms with E-state index in [2.05, 4.69) is 15.6 Å². The van der Waals surface area contributed by atoms with E-state index in [1.165, 1.54) is 10.9 Å². The number of carbonyl (C=O) groups excluding carboxylic acids is 1. The van der Waals surface area contributed by atoms with E-state index in [-0.39, 0.29) is 30.3 Å². The summed E-state index contributed by atoms with van der Waals surface area (Å²) in [7, 11) is 0. The number of carboxylic acid groups (broad SMARTS) is 1. The van der Waals surface area contributed by atoms with Gasteiger partial charge in [0, 0.05) is 6.61 Å². The molecule has 2 heterocycles. The molecule has 0 aliphatic carbocycles. The first-order chi connectivity index (χ1) is 9.60. The number of aromatic carboxylic acids is 1. The minimum atomic E-state index is -1.16. The Balaban J connectivity index is 1.88. The Morgan fingerprint density at radius 1 is 1.65 bits per heavy atom. The first-order valence-corrected chi connectivity index (χ1v) is 6.64. The van der Waals surface area contributed by atoms with Gasteiger partial charge < -0.3 is 15.2 Å². The van der Waals surface area contributed by atoms with Gasteiger partial charge in [0.25, 0.3) is 0 Å². The highest BCUT2D eigenvalue weighted by atomic mass is 16.5. The SMILES string of the molecule is CCC(NC(=O)Cn1cc(C(=O)O)nn1)C1CCCO1. The minimum Gasteiger partial charge on any atom is -0.476 e. The van der Waals surface area contributed by atoms with Gasteiger partial charge in [0.15, 0.2) is 5.69 Å². The number of nitrogens with zero attached hydrogens (tertiary/aromatic N) is 3. The third kappa shape index (κ3) is 3.53. The molecule has 1 aliphatic rings. The first-order valence-electron chi connectivity index (χ1n) is 6.64. The van der Waals surface area contributed by atoms with E-state index in [0.29, 0.717) is 0 Å². The molecule has 1 saturated heterocycles. The molecule has 1 fully saturated rings. The van der Waals surface area contributed by atoms with Crippen LogP contribution >= 0.6 is 0 Å². The van der Waals surface area contributed by atoms with Gasteiger partial charge in [0.2, 0.25) is 5.91 Å². The van der Waals surface area contributed by atoms with E-state index in [1.807, 2.05) is 6.92 Å². The van der Waals surface area contributed by atoms with Crippen molar-refractivity contribution in [2.24, 2.45) is 0 Å². The van der Waals surface area contributed by atoms with Crippen molar-refractivity contribution in [3.05, 3.63) is 11.9 Å². The largest absolute Gasteiger partial charge is 0.476 e. The van der Waals surface area contributed by atoms with Crippen LogP contribution < -0.4 is 5.32 Å². The molecule has 2 unspecified atom stereocenters. The lowest BCUT2D eigenvalue weighted by molar-refractivity contribution is -0.123. The summed E-state index contributed by atoms with van der Waals surface area (Å²) < 4.78 is 6.77. The van der Waals surface area contributed by atoms with Gasteiger partial charge in [-0.1, -0.05) is 12.1 Å². The van der Waals surface area contributed by atoms with Crippen LogP contribution in [0.5, 0.6) is 0 Å². The van der Waals surface area contributed by atoms with E-state index in [9.17, 15) is 9.59 Å². The van der Waals surface area contributed by atoms with Crippen LogP contribution in [-0.2, 0) is 16.1 Å². The monoisotopic (exact) mass is 282 g/mol. The zero-order chi connectivity index (χ0) is 14.5. The Morgan fingerprint density at radius 2 is 2.45 bits per heavy atom. The summed E-state index contributed by atoms with van der Waals surface area (Å²) >= 11 is 0. The summed E-state index contributed by atoms with van der Waals surface area (Å²) in [6, 6.07) is -0.0209. The topological polar surface area (TPSA) is 106 Å². The van der Waals surface area contributed by atoms with E-state index in [1.54, 1.807) is 0 Å². The van der Waals surface area contributed by atoms with Gasteiger partial charge in [-0.2, -0.15) is 0 Å². The third-order valence-corrected chi connectivity index (χ3v) is 3.26. The number of aromatic nitrogens is 3. The fraction of sp³-hybridized carbons (Fsp3) is 0.667. The summed E-state index contributed by atoms with van der Waals surface area (Å²) in [5.41, 5.74) is -0.177. The molecule has 0 bridgehead atoms. The lowest BCUT2D eigenvalue weighted by atomic mass is 10.1. The van der Waals surface area contributed by atoms with Crippen LogP contribution in [0.3, 0.4) is 0 Å². The van der Waals surface area contributed by atoms with Gasteiger partial charge in [0.1, 0.15) is 6.54 Å². The van der Waals surface area contributed by atoms with Crippen molar-refractivity contribution >= 4 is 11.9 Å². The molecule has 0 aromatic carbocycles. The number of hydrogen-bond acceptors (Lipinski definition) is 5. The number of ether oxygens (including phenoxy) is 1. The van der Waals surface area contributed by atoms with Crippen LogP contribution in [0, 0.1) is 0 Å². The van der Waals surface area contributed by atoms with Crippen LogP contribution in [0.4, 0.5) is 0 Å². The molecule has 2 atom stereocenters. The van der Waals surface area contributed by atoms with E-state index in [4.69, 9.17) is 9.84 Å². The van der Waals surface area contributed by atoms with Gasteiger partial charge in [-0.05, 0) is 19.3 Å². The van der Waals surface area contributed by atoms with E-state index in [0.717, 1.165) is 25.9 Å². The van der Waals surface area contributed by atoms with E-state index >= 15 is 0 Å². The maximum atomic E-state index is 11.9. The Bertz CT molecular complexity index is 482. The second-order valence-electron chi connectivity index (χ2n) is 4.74. The molecule has 0 radical (unpaired) electrons. The summed E-state index contributed by atoms with van der Waals surface area (Å²) in [6.45, 7) is 2.68. The highest BCUT2D eigenvalue weighted by Crippen LogP contribution is 2.17. The Hall–Kier alpha value is -1.96. The number of hydrogen-bond donors (Lipinski definition) is 2. The number of carbonyl (C=O) groups is 2. The molecule has 20 heavy (non-hydrogen) atoms. The van der Waals surface area contributed by atoms with Gasteiger partial charge in [-0.3, -0.25) is 4.79 Å². The molecule has 1 aromatic heterocycles. The van der Waals surface area contributed by atoms with Crippen molar-refractivity contribution in [1.29, 1.82) is 0 Å². The molecule has 1 aromatic rings. The van der Waals surface area contributed by atoms with Crippen LogP contribution in [0.1, 0.15) is 36.7 Å². The van der Waals surface area contributed by atoms with Crippen LogP contribution in [0.15, 0.2) is 6.20 Å². The second kappa shape index (κ2) is 6.47. The number of nitrogens with one attached hydrogen (secondary N) is 1. The molecule has 1 amide bonds. The van der Waals surface area contributed by atoms with Crippen molar-refractivity contribution in [3.8, 4) is 0 Å². The van der Waals surface area contributed by atoms with Crippen molar-refractivity contribution in [2.75, 3.05) is 6.61 Å². The van der Waals surface area contributed by atoms with Crippen LogP contribution in [0.2, 0.25) is 0 Å². The average Bonchev–Trinajstić information content (AvgIpc) is 3.06. The molecule has 0 saturated carbocycles. The maximum Gasteiger partial charge on any atom is 0.358 e. The van der Waals surface area contributed by atoms with Crippen LogP contribution in [-0.4, -0.2) is 50.7 Å². The van der Waals surface area contributed by atoms with Gasteiger partial charge in [0.05, 0.1) is 18.3 Å². The number of carboxylic acids is 1. The fourth-order valence-electron chi connectivity index (χ4n) is 2.25. The number of amides is 1. The predicted octanol–water partition coefficient (Wildman–Crippen LogP) is 0.0501. The molecule has 8 heteroatoms. The zero-order valence-corrected chi connectivity index (χ0v) is 11.3. The Labute approximate surface area is 116 Å². The van der Waals surface area contributed by atoms with Crippen molar-refractivity contribution in [2.45, 2.75) is 44.9 Å². The normalized spacial score (nSPS) is 19.8. The lowest BCUT2D eigenvalue weighted by Gasteiger charge is -2.22. The minimum absolute atomic E-state index is 0.0209. The van der Waals surface area contributed by atoms with Crippen molar-refractivity contribution in [1.82, 2.24) is 20.3 Å². The highest BCUT2D eigenvalue weighted by molar-refractivity contribution is 5.84. The Kier molecular flexibility index (Phi) is 4.67. The fourth-order valence-corrected chi connectivity index (χ4v) is 2.25. The molecule has 110 valence electrons. The smallest absolute Gasteiger partial charge is 0.358 e. The molecular weight excluding hydrogens is 264 g/mol. The zero-order valence-electron chi connectivity index (χ0n) is 11.3. The third-order valence-electron chi connectivity index (χ3n) is 3.26. The Morgan fingerprint density at radius 3 is 3.00 bits per heavy atom. The quantitative estimate of drug-likeness (QED) is 0.763. The molecule has 8 nitrogen and oxygen atoms in total. The molecular formula is C12H18N4O4. The van der Waals surface area contributed by atoms with Gasteiger partial charge in [-0.25, -0.2) is 9.48 Å². The summed E-state index contributed by atoms with van der Waals surface area (Å²) in [5, 5.41) is 18.7. The molecule has 2 rings (SSSR count). The summed E-state index contributed by atoms with van der Waals surface area (Å²) in [5.74, 6) is -1.39. The molecule has 0 spiro atoms. The van der Waals surface area contributed by atoms with Gasteiger partial charge >= 0.3 is 5.97 Å². The number of rotatable bonds is 6. The summed E-state index contributed by atoms with van der Waals surface area (Å²) in [6.07, 6.45) is 4.05. The van der Waals surface area contributed by atoms with Gasteiger partial charge in [-0.15, -0.1) is 5.10 Å². The predicted molar refractivity (Wildman–Crippen MR) is 68.2 cm³/mol. The molecule has 2 N–H and O–H groups in total.